The first-order valence-electron chi connectivity index (χ1n) is 11.0. The largest absolute Gasteiger partial charge is 0.490 e. The van der Waals surface area contributed by atoms with E-state index in [2.05, 4.69) is 34.6 Å². The molecule has 1 aliphatic carbocycles. The molecule has 2 unspecified atom stereocenters. The first-order valence-corrected chi connectivity index (χ1v) is 11.0. The number of fused-ring (bicyclic) bond motifs is 2. The molecule has 2 aromatic carbocycles. The molecule has 0 saturated heterocycles. The quantitative estimate of drug-likeness (QED) is 0.462. The molecule has 164 valence electrons. The zero-order valence-corrected chi connectivity index (χ0v) is 17.9. The van der Waals surface area contributed by atoms with Crippen molar-refractivity contribution in [3.63, 3.8) is 0 Å². The van der Waals surface area contributed by atoms with Crippen LogP contribution in [-0.4, -0.2) is 48.0 Å². The van der Waals surface area contributed by atoms with E-state index in [0.717, 1.165) is 35.9 Å². The summed E-state index contributed by atoms with van der Waals surface area (Å²) in [5.41, 5.74) is 4.51. The highest BCUT2D eigenvalue weighted by molar-refractivity contribution is 5.87. The molecular formula is C25H30N2O4. The SMILES string of the molecule is CCOC(=O)Cc1cc2c(OCC(O)CNC3CCc4ccccc4C3)cccc2[nH]1. The standard InChI is InChI=1S/C25H30N2O4/c1-2-30-25(29)14-20-13-22-23(27-20)8-5-9-24(22)31-16-21(28)15-26-19-11-10-17-6-3-4-7-18(17)12-19/h3-9,13,19,21,26-28H,2,10-12,14-16H2,1H3. The number of benzene rings is 2. The van der Waals surface area contributed by atoms with Gasteiger partial charge in [-0.15, -0.1) is 0 Å². The molecule has 1 aliphatic rings. The summed E-state index contributed by atoms with van der Waals surface area (Å²) in [7, 11) is 0. The average molecular weight is 423 g/mol. The second kappa shape index (κ2) is 9.98. The minimum atomic E-state index is -0.606. The van der Waals surface area contributed by atoms with E-state index in [-0.39, 0.29) is 19.0 Å². The highest BCUT2D eigenvalue weighted by Crippen LogP contribution is 2.27. The number of carbonyl (C=O) groups is 1. The molecule has 0 fully saturated rings. The lowest BCUT2D eigenvalue weighted by atomic mass is 9.88. The van der Waals surface area contributed by atoms with Crippen molar-refractivity contribution in [3.05, 3.63) is 65.4 Å². The number of aliphatic hydroxyl groups is 1. The van der Waals surface area contributed by atoms with E-state index in [9.17, 15) is 9.90 Å². The van der Waals surface area contributed by atoms with E-state index in [0.29, 0.717) is 24.9 Å². The third kappa shape index (κ3) is 5.46. The maximum absolute atomic E-state index is 11.7. The smallest absolute Gasteiger partial charge is 0.311 e. The second-order valence-corrected chi connectivity index (χ2v) is 8.08. The Morgan fingerprint density at radius 2 is 2.06 bits per heavy atom. The summed E-state index contributed by atoms with van der Waals surface area (Å²) in [4.78, 5) is 15.0. The molecule has 0 radical (unpaired) electrons. The normalized spacial score (nSPS) is 16.6. The number of esters is 1. The molecule has 6 heteroatoms. The van der Waals surface area contributed by atoms with Crippen molar-refractivity contribution in [2.24, 2.45) is 0 Å². The van der Waals surface area contributed by atoms with Crippen molar-refractivity contribution in [3.8, 4) is 5.75 Å². The summed E-state index contributed by atoms with van der Waals surface area (Å²) in [5, 5.41) is 14.8. The lowest BCUT2D eigenvalue weighted by Crippen LogP contribution is -2.40. The Morgan fingerprint density at radius 1 is 1.23 bits per heavy atom. The van der Waals surface area contributed by atoms with Crippen LogP contribution in [0, 0.1) is 0 Å². The van der Waals surface area contributed by atoms with Crippen LogP contribution in [0.15, 0.2) is 48.5 Å². The molecule has 31 heavy (non-hydrogen) atoms. The lowest BCUT2D eigenvalue weighted by Gasteiger charge is -2.26. The van der Waals surface area contributed by atoms with Crippen LogP contribution in [0.4, 0.5) is 0 Å². The van der Waals surface area contributed by atoms with Gasteiger partial charge in [-0.25, -0.2) is 0 Å². The number of aromatic nitrogens is 1. The van der Waals surface area contributed by atoms with Crippen LogP contribution in [-0.2, 0) is 28.8 Å². The Balaban J connectivity index is 1.29. The van der Waals surface area contributed by atoms with Crippen molar-refractivity contribution in [1.82, 2.24) is 10.3 Å². The van der Waals surface area contributed by atoms with Gasteiger partial charge in [0, 0.05) is 29.2 Å². The highest BCUT2D eigenvalue weighted by atomic mass is 16.5. The summed E-state index contributed by atoms with van der Waals surface area (Å²) >= 11 is 0. The minimum absolute atomic E-state index is 0.193. The fourth-order valence-corrected chi connectivity index (χ4v) is 4.19. The number of nitrogens with one attached hydrogen (secondary N) is 2. The topological polar surface area (TPSA) is 83.6 Å². The third-order valence-electron chi connectivity index (χ3n) is 5.74. The number of rotatable bonds is 9. The van der Waals surface area contributed by atoms with Gasteiger partial charge < -0.3 is 24.9 Å². The summed E-state index contributed by atoms with van der Waals surface area (Å²) in [5.74, 6) is 0.429. The van der Waals surface area contributed by atoms with Gasteiger partial charge in [-0.1, -0.05) is 30.3 Å². The van der Waals surface area contributed by atoms with Gasteiger partial charge in [0.05, 0.1) is 13.0 Å². The van der Waals surface area contributed by atoms with Gasteiger partial charge in [-0.05, 0) is 55.5 Å². The van der Waals surface area contributed by atoms with Crippen molar-refractivity contribution in [2.75, 3.05) is 19.8 Å². The second-order valence-electron chi connectivity index (χ2n) is 8.08. The van der Waals surface area contributed by atoms with Gasteiger partial charge in [-0.2, -0.15) is 0 Å². The number of carbonyl (C=O) groups excluding carboxylic acids is 1. The third-order valence-corrected chi connectivity index (χ3v) is 5.74. The van der Waals surface area contributed by atoms with Crippen LogP contribution in [0.25, 0.3) is 10.9 Å². The van der Waals surface area contributed by atoms with E-state index in [4.69, 9.17) is 9.47 Å². The molecule has 0 bridgehead atoms. The number of H-pyrrole nitrogens is 1. The van der Waals surface area contributed by atoms with E-state index >= 15 is 0 Å². The molecule has 0 amide bonds. The molecule has 1 aromatic heterocycles. The minimum Gasteiger partial charge on any atom is -0.490 e. The number of hydrogen-bond donors (Lipinski definition) is 3. The lowest BCUT2D eigenvalue weighted by molar-refractivity contribution is -0.142. The predicted molar refractivity (Wildman–Crippen MR) is 120 cm³/mol. The first kappa shape index (κ1) is 21.4. The van der Waals surface area contributed by atoms with Crippen LogP contribution < -0.4 is 10.1 Å². The number of hydrogen-bond acceptors (Lipinski definition) is 5. The van der Waals surface area contributed by atoms with Gasteiger partial charge in [0.25, 0.3) is 0 Å². The Labute approximate surface area is 182 Å². The first-order chi connectivity index (χ1) is 15.1. The number of ether oxygens (including phenoxy) is 2. The summed E-state index contributed by atoms with van der Waals surface area (Å²) < 4.78 is 10.9. The molecule has 2 atom stereocenters. The van der Waals surface area contributed by atoms with Gasteiger partial charge in [0.1, 0.15) is 18.5 Å². The van der Waals surface area contributed by atoms with Crippen LogP contribution in [0.1, 0.15) is 30.2 Å². The fraction of sp³-hybridized carbons (Fsp3) is 0.400. The summed E-state index contributed by atoms with van der Waals surface area (Å²) in [6.07, 6.45) is 2.74. The Kier molecular flexibility index (Phi) is 6.89. The van der Waals surface area contributed by atoms with E-state index < -0.39 is 6.10 Å². The molecular weight excluding hydrogens is 392 g/mol. The maximum atomic E-state index is 11.7. The molecule has 1 heterocycles. The van der Waals surface area contributed by atoms with E-state index in [1.54, 1.807) is 6.92 Å². The number of aliphatic hydroxyl groups excluding tert-OH is 1. The van der Waals surface area contributed by atoms with Crippen molar-refractivity contribution >= 4 is 16.9 Å². The summed E-state index contributed by atoms with van der Waals surface area (Å²) in [6, 6.07) is 16.6. The van der Waals surface area contributed by atoms with Gasteiger partial charge >= 0.3 is 5.97 Å². The van der Waals surface area contributed by atoms with Gasteiger partial charge in [-0.3, -0.25) is 4.79 Å². The molecule has 0 spiro atoms. The van der Waals surface area contributed by atoms with Crippen LogP contribution in [0.2, 0.25) is 0 Å². The van der Waals surface area contributed by atoms with Gasteiger partial charge in [0.15, 0.2) is 0 Å². The Hall–Kier alpha value is -2.83. The Morgan fingerprint density at radius 3 is 2.90 bits per heavy atom. The average Bonchev–Trinajstić information content (AvgIpc) is 3.19. The molecule has 3 aromatic rings. The monoisotopic (exact) mass is 422 g/mol. The van der Waals surface area contributed by atoms with Crippen molar-refractivity contribution < 1.29 is 19.4 Å². The molecule has 6 nitrogen and oxygen atoms in total. The number of aromatic amines is 1. The van der Waals surface area contributed by atoms with Crippen molar-refractivity contribution in [2.45, 2.75) is 44.8 Å². The molecule has 4 rings (SSSR count). The zero-order valence-electron chi connectivity index (χ0n) is 17.9. The molecule has 0 saturated carbocycles. The molecule has 3 N–H and O–H groups in total. The van der Waals surface area contributed by atoms with Crippen LogP contribution in [0.3, 0.4) is 0 Å². The Bertz CT molecular complexity index is 1030. The zero-order chi connectivity index (χ0) is 21.6. The number of aryl methyl sites for hydroxylation is 1. The highest BCUT2D eigenvalue weighted by Gasteiger charge is 2.19. The molecule has 0 aliphatic heterocycles. The summed E-state index contributed by atoms with van der Waals surface area (Å²) in [6.45, 7) is 2.85. The van der Waals surface area contributed by atoms with Crippen LogP contribution >= 0.6 is 0 Å². The maximum Gasteiger partial charge on any atom is 0.311 e. The van der Waals surface area contributed by atoms with Gasteiger partial charge in [0.2, 0.25) is 0 Å². The predicted octanol–water partition coefficient (Wildman–Crippen LogP) is 3.16. The van der Waals surface area contributed by atoms with Crippen molar-refractivity contribution in [1.29, 1.82) is 0 Å². The van der Waals surface area contributed by atoms with E-state index in [1.807, 2.05) is 24.3 Å². The fourth-order valence-electron chi connectivity index (χ4n) is 4.19. The van der Waals surface area contributed by atoms with E-state index in [1.165, 1.54) is 11.1 Å². The van der Waals surface area contributed by atoms with Crippen LogP contribution in [0.5, 0.6) is 5.75 Å².